The number of hydrogen-bond acceptors (Lipinski definition) is 4. The lowest BCUT2D eigenvalue weighted by Gasteiger charge is -2.09. The molecule has 0 saturated heterocycles. The molecule has 0 amide bonds. The number of halogens is 1. The number of nitriles is 1. The highest BCUT2D eigenvalue weighted by Gasteiger charge is 2.15. The molecule has 0 atom stereocenters. The number of fused-ring (bicyclic) bond motifs is 1. The van der Waals surface area contributed by atoms with Gasteiger partial charge in [0.2, 0.25) is 0 Å². The number of ether oxygens (including phenoxy) is 2. The number of nitrogens with zero attached hydrogens (tertiary/aromatic N) is 2. The van der Waals surface area contributed by atoms with Crippen LogP contribution in [0.3, 0.4) is 0 Å². The fourth-order valence-corrected chi connectivity index (χ4v) is 2.77. The van der Waals surface area contributed by atoms with Gasteiger partial charge in [0.1, 0.15) is 6.07 Å². The third-order valence-electron chi connectivity index (χ3n) is 3.94. The topological polar surface area (TPSA) is 64.2 Å². The third-order valence-corrected chi connectivity index (χ3v) is 3.94. The summed E-state index contributed by atoms with van der Waals surface area (Å²) < 4.78 is 26.2. The highest BCUT2D eigenvalue weighted by Crippen LogP contribution is 2.30. The van der Waals surface area contributed by atoms with E-state index in [4.69, 9.17) is 9.47 Å². The van der Waals surface area contributed by atoms with Crippen molar-refractivity contribution in [1.29, 1.82) is 5.26 Å². The van der Waals surface area contributed by atoms with Crippen molar-refractivity contribution >= 4 is 16.9 Å². The summed E-state index contributed by atoms with van der Waals surface area (Å²) in [6.07, 6.45) is 1.64. The summed E-state index contributed by atoms with van der Waals surface area (Å²) in [6, 6.07) is 11.7. The molecule has 3 aromatic rings. The molecule has 6 heteroatoms. The minimum absolute atomic E-state index is 0.118. The van der Waals surface area contributed by atoms with Crippen molar-refractivity contribution in [2.45, 2.75) is 13.8 Å². The van der Waals surface area contributed by atoms with E-state index in [1.54, 1.807) is 48.9 Å². The first-order valence-corrected chi connectivity index (χ1v) is 8.24. The Hall–Kier alpha value is -3.33. The van der Waals surface area contributed by atoms with Crippen LogP contribution in [-0.4, -0.2) is 23.8 Å². The molecular formula is C20H17FN2O3. The molecule has 0 aliphatic carbocycles. The number of benzene rings is 2. The van der Waals surface area contributed by atoms with Crippen LogP contribution in [0.25, 0.3) is 16.6 Å². The SMILES string of the molecule is CCOC(=O)c1ccc(-n2cc(C#N)c3cc(OCC)c(F)cc32)cc1. The summed E-state index contributed by atoms with van der Waals surface area (Å²) in [7, 11) is 0. The zero-order valence-corrected chi connectivity index (χ0v) is 14.5. The predicted octanol–water partition coefficient (Wildman–Crippen LogP) is 4.22. The van der Waals surface area contributed by atoms with Crippen molar-refractivity contribution in [2.24, 2.45) is 0 Å². The van der Waals surface area contributed by atoms with E-state index < -0.39 is 11.8 Å². The van der Waals surface area contributed by atoms with Crippen molar-refractivity contribution in [3.63, 3.8) is 0 Å². The number of hydrogen-bond donors (Lipinski definition) is 0. The van der Waals surface area contributed by atoms with E-state index in [0.29, 0.717) is 40.9 Å². The Balaban J connectivity index is 2.09. The Kier molecular flexibility index (Phi) is 4.90. The van der Waals surface area contributed by atoms with Gasteiger partial charge in [0.25, 0.3) is 0 Å². The Bertz CT molecular complexity index is 1000. The van der Waals surface area contributed by atoms with Crippen molar-refractivity contribution in [3.8, 4) is 17.5 Å². The van der Waals surface area contributed by atoms with Gasteiger partial charge in [-0.2, -0.15) is 5.26 Å². The predicted molar refractivity (Wildman–Crippen MR) is 95.1 cm³/mol. The fourth-order valence-electron chi connectivity index (χ4n) is 2.77. The molecule has 132 valence electrons. The molecule has 2 aromatic carbocycles. The second kappa shape index (κ2) is 7.28. The number of esters is 1. The smallest absolute Gasteiger partial charge is 0.338 e. The van der Waals surface area contributed by atoms with E-state index in [1.165, 1.54) is 12.1 Å². The molecule has 1 heterocycles. The minimum atomic E-state index is -0.494. The average Bonchev–Trinajstić information content (AvgIpc) is 3.00. The maximum Gasteiger partial charge on any atom is 0.338 e. The van der Waals surface area contributed by atoms with Crippen LogP contribution < -0.4 is 4.74 Å². The summed E-state index contributed by atoms with van der Waals surface area (Å²) in [5.41, 5.74) is 2.09. The van der Waals surface area contributed by atoms with Crippen LogP contribution in [0.2, 0.25) is 0 Å². The summed E-state index contributed by atoms with van der Waals surface area (Å²) in [4.78, 5) is 11.8. The van der Waals surface area contributed by atoms with Gasteiger partial charge in [0.05, 0.1) is 29.9 Å². The second-order valence-electron chi connectivity index (χ2n) is 5.52. The average molecular weight is 352 g/mol. The van der Waals surface area contributed by atoms with Crippen LogP contribution in [0.5, 0.6) is 5.75 Å². The van der Waals surface area contributed by atoms with Crippen molar-refractivity contribution in [2.75, 3.05) is 13.2 Å². The zero-order chi connectivity index (χ0) is 18.7. The molecule has 0 radical (unpaired) electrons. The van der Waals surface area contributed by atoms with Gasteiger partial charge in [-0.05, 0) is 44.2 Å². The first-order valence-electron chi connectivity index (χ1n) is 8.24. The molecule has 0 fully saturated rings. The van der Waals surface area contributed by atoms with Crippen LogP contribution in [0.1, 0.15) is 29.8 Å². The Labute approximate surface area is 150 Å². The van der Waals surface area contributed by atoms with Crippen LogP contribution in [0.15, 0.2) is 42.6 Å². The molecule has 0 unspecified atom stereocenters. The van der Waals surface area contributed by atoms with Crippen molar-refractivity contribution in [1.82, 2.24) is 4.57 Å². The maximum absolute atomic E-state index is 14.3. The van der Waals surface area contributed by atoms with E-state index in [0.717, 1.165) is 0 Å². The van der Waals surface area contributed by atoms with E-state index >= 15 is 0 Å². The Morgan fingerprint density at radius 3 is 2.54 bits per heavy atom. The first kappa shape index (κ1) is 17.5. The lowest BCUT2D eigenvalue weighted by atomic mass is 10.1. The fraction of sp³-hybridized carbons (Fsp3) is 0.200. The molecule has 0 spiro atoms. The summed E-state index contributed by atoms with van der Waals surface area (Å²) >= 11 is 0. The Morgan fingerprint density at radius 1 is 1.19 bits per heavy atom. The van der Waals surface area contributed by atoms with E-state index in [9.17, 15) is 14.4 Å². The van der Waals surface area contributed by atoms with Gasteiger partial charge in [-0.3, -0.25) is 0 Å². The monoisotopic (exact) mass is 352 g/mol. The van der Waals surface area contributed by atoms with Gasteiger partial charge < -0.3 is 14.0 Å². The van der Waals surface area contributed by atoms with Gasteiger partial charge in [0.15, 0.2) is 11.6 Å². The molecular weight excluding hydrogens is 335 g/mol. The van der Waals surface area contributed by atoms with Crippen molar-refractivity contribution in [3.05, 3.63) is 59.5 Å². The van der Waals surface area contributed by atoms with Crippen LogP contribution in [0.4, 0.5) is 4.39 Å². The van der Waals surface area contributed by atoms with Gasteiger partial charge in [0, 0.05) is 23.3 Å². The normalized spacial score (nSPS) is 10.5. The van der Waals surface area contributed by atoms with E-state index in [2.05, 4.69) is 6.07 Å². The largest absolute Gasteiger partial charge is 0.491 e. The quantitative estimate of drug-likeness (QED) is 0.645. The molecule has 0 aliphatic rings. The second-order valence-corrected chi connectivity index (χ2v) is 5.52. The number of aromatic nitrogens is 1. The summed E-state index contributed by atoms with van der Waals surface area (Å²) in [5.74, 6) is -0.778. The zero-order valence-electron chi connectivity index (χ0n) is 14.5. The highest BCUT2D eigenvalue weighted by atomic mass is 19.1. The number of rotatable bonds is 5. The standard InChI is InChI=1S/C20H17FN2O3/c1-3-25-19-9-16-14(11-22)12-23(18(16)10-17(19)21)15-7-5-13(6-8-15)20(24)26-4-2/h5-10,12H,3-4H2,1-2H3. The molecule has 0 N–H and O–H groups in total. The maximum atomic E-state index is 14.3. The third kappa shape index (κ3) is 3.11. The molecule has 0 aliphatic heterocycles. The molecule has 1 aromatic heterocycles. The van der Waals surface area contributed by atoms with Crippen LogP contribution in [0, 0.1) is 17.1 Å². The molecule has 3 rings (SSSR count). The Morgan fingerprint density at radius 2 is 1.92 bits per heavy atom. The van der Waals surface area contributed by atoms with E-state index in [1.807, 2.05) is 0 Å². The number of carbonyl (C=O) groups excluding carboxylic acids is 1. The first-order chi connectivity index (χ1) is 12.6. The van der Waals surface area contributed by atoms with Crippen molar-refractivity contribution < 1.29 is 18.7 Å². The van der Waals surface area contributed by atoms with Gasteiger partial charge in [-0.1, -0.05) is 0 Å². The minimum Gasteiger partial charge on any atom is -0.491 e. The van der Waals surface area contributed by atoms with Gasteiger partial charge >= 0.3 is 5.97 Å². The summed E-state index contributed by atoms with van der Waals surface area (Å²) in [6.45, 7) is 4.15. The molecule has 5 nitrogen and oxygen atoms in total. The lowest BCUT2D eigenvalue weighted by Crippen LogP contribution is -2.04. The number of carbonyl (C=O) groups is 1. The highest BCUT2D eigenvalue weighted by molar-refractivity contribution is 5.91. The van der Waals surface area contributed by atoms with Gasteiger partial charge in [-0.25, -0.2) is 9.18 Å². The van der Waals surface area contributed by atoms with Crippen LogP contribution >= 0.6 is 0 Å². The lowest BCUT2D eigenvalue weighted by molar-refractivity contribution is 0.0526. The molecule has 0 saturated carbocycles. The van der Waals surface area contributed by atoms with Gasteiger partial charge in [-0.15, -0.1) is 0 Å². The molecule has 0 bridgehead atoms. The van der Waals surface area contributed by atoms with Crippen LogP contribution in [-0.2, 0) is 4.74 Å². The molecule has 26 heavy (non-hydrogen) atoms. The van der Waals surface area contributed by atoms with E-state index in [-0.39, 0.29) is 5.75 Å². The summed E-state index contributed by atoms with van der Waals surface area (Å²) in [5, 5.41) is 10.0.